The summed E-state index contributed by atoms with van der Waals surface area (Å²) in [6.45, 7) is 2.01. The molecule has 114 valence electrons. The van der Waals surface area contributed by atoms with Gasteiger partial charge in [-0.05, 0) is 24.6 Å². The Morgan fingerprint density at radius 3 is 2.59 bits per heavy atom. The van der Waals surface area contributed by atoms with E-state index in [0.29, 0.717) is 4.88 Å². The minimum Gasteiger partial charge on any atom is -0.463 e. The quantitative estimate of drug-likeness (QED) is 0.501. The fourth-order valence-corrected chi connectivity index (χ4v) is 3.00. The maximum Gasteiger partial charge on any atom is 0.330 e. The van der Waals surface area contributed by atoms with Gasteiger partial charge < -0.3 is 10.1 Å². The molecular formula is C17H17NO3S. The van der Waals surface area contributed by atoms with E-state index in [2.05, 4.69) is 5.32 Å². The molecule has 0 spiro atoms. The number of allylic oxidation sites excluding steroid dienone is 1. The third-order valence-electron chi connectivity index (χ3n) is 2.94. The highest BCUT2D eigenvalue weighted by atomic mass is 32.1. The summed E-state index contributed by atoms with van der Waals surface area (Å²) >= 11 is 1.39. The standard InChI is InChI=1S/C17H17NO3S/c1-3-21-16(20)10-9-14(19)17-13(18-2)11-15(22-17)12-7-5-4-6-8-12/h4-11,18H,3H2,1-2H3/b10-9-. The Hall–Kier alpha value is -2.40. The van der Waals surface area contributed by atoms with Crippen molar-refractivity contribution in [3.05, 3.63) is 53.4 Å². The van der Waals surface area contributed by atoms with E-state index in [9.17, 15) is 9.59 Å². The van der Waals surface area contributed by atoms with Crippen LogP contribution in [0.15, 0.2) is 48.6 Å². The first-order valence-electron chi connectivity index (χ1n) is 6.92. The second-order valence-electron chi connectivity index (χ2n) is 4.42. The number of rotatable bonds is 6. The van der Waals surface area contributed by atoms with E-state index in [0.717, 1.165) is 22.2 Å². The van der Waals surface area contributed by atoms with Gasteiger partial charge in [-0.1, -0.05) is 30.3 Å². The fourth-order valence-electron chi connectivity index (χ4n) is 1.91. The van der Waals surface area contributed by atoms with Crippen LogP contribution in [-0.4, -0.2) is 25.4 Å². The molecule has 0 aliphatic carbocycles. The number of carbonyl (C=O) groups excluding carboxylic acids is 2. The number of ketones is 1. The van der Waals surface area contributed by atoms with E-state index in [1.807, 2.05) is 36.4 Å². The second kappa shape index (κ2) is 7.56. The third-order valence-corrected chi connectivity index (χ3v) is 4.14. The first-order valence-corrected chi connectivity index (χ1v) is 7.73. The summed E-state index contributed by atoms with van der Waals surface area (Å²) in [5.74, 6) is -0.730. The molecule has 2 aromatic rings. The maximum atomic E-state index is 12.3. The van der Waals surface area contributed by atoms with Crippen LogP contribution in [0.3, 0.4) is 0 Å². The van der Waals surface area contributed by atoms with Gasteiger partial charge in [0.1, 0.15) is 0 Å². The van der Waals surface area contributed by atoms with Crippen LogP contribution in [0.4, 0.5) is 5.69 Å². The fraction of sp³-hybridized carbons (Fsp3) is 0.176. The zero-order valence-corrected chi connectivity index (χ0v) is 13.3. The molecule has 5 heteroatoms. The summed E-state index contributed by atoms with van der Waals surface area (Å²) in [6, 6.07) is 11.8. The minimum atomic E-state index is -0.512. The SMILES string of the molecule is CCOC(=O)/C=C\C(=O)c1sc(-c2ccccc2)cc1NC. The summed E-state index contributed by atoms with van der Waals surface area (Å²) in [5.41, 5.74) is 1.81. The molecule has 0 amide bonds. The summed E-state index contributed by atoms with van der Waals surface area (Å²) in [5, 5.41) is 3.02. The van der Waals surface area contributed by atoms with Crippen LogP contribution in [0.1, 0.15) is 16.6 Å². The van der Waals surface area contributed by atoms with Crippen LogP contribution in [0.2, 0.25) is 0 Å². The maximum absolute atomic E-state index is 12.3. The average molecular weight is 315 g/mol. The number of esters is 1. The minimum absolute atomic E-state index is 0.218. The number of hydrogen-bond acceptors (Lipinski definition) is 5. The van der Waals surface area contributed by atoms with Crippen LogP contribution in [0, 0.1) is 0 Å². The van der Waals surface area contributed by atoms with Crippen LogP contribution in [0.25, 0.3) is 10.4 Å². The molecule has 0 aliphatic heterocycles. The number of benzene rings is 1. The van der Waals surface area contributed by atoms with Gasteiger partial charge in [0, 0.05) is 18.0 Å². The second-order valence-corrected chi connectivity index (χ2v) is 5.47. The molecule has 1 heterocycles. The van der Waals surface area contributed by atoms with Crippen molar-refractivity contribution in [2.45, 2.75) is 6.92 Å². The molecule has 1 aromatic carbocycles. The van der Waals surface area contributed by atoms with Crippen LogP contribution >= 0.6 is 11.3 Å². The summed E-state index contributed by atoms with van der Waals surface area (Å²) in [6.07, 6.45) is 2.41. The van der Waals surface area contributed by atoms with Crippen molar-refractivity contribution in [3.63, 3.8) is 0 Å². The van der Waals surface area contributed by atoms with E-state index in [-0.39, 0.29) is 12.4 Å². The molecule has 0 aliphatic rings. The third kappa shape index (κ3) is 3.83. The van der Waals surface area contributed by atoms with E-state index < -0.39 is 5.97 Å². The molecule has 0 bridgehead atoms. The highest BCUT2D eigenvalue weighted by molar-refractivity contribution is 7.18. The number of ether oxygens (including phenoxy) is 1. The predicted molar refractivity (Wildman–Crippen MR) is 89.4 cm³/mol. The lowest BCUT2D eigenvalue weighted by Gasteiger charge is -1.98. The van der Waals surface area contributed by atoms with Gasteiger partial charge in [0.15, 0.2) is 5.78 Å². The van der Waals surface area contributed by atoms with Crippen molar-refractivity contribution in [1.29, 1.82) is 0 Å². The summed E-state index contributed by atoms with van der Waals surface area (Å²) in [7, 11) is 1.77. The molecule has 0 radical (unpaired) electrons. The molecule has 0 unspecified atom stereocenters. The predicted octanol–water partition coefficient (Wildman–Crippen LogP) is 3.76. The van der Waals surface area contributed by atoms with E-state index in [1.54, 1.807) is 14.0 Å². The molecule has 0 saturated carbocycles. The molecule has 0 fully saturated rings. The molecular weight excluding hydrogens is 298 g/mol. The van der Waals surface area contributed by atoms with E-state index in [4.69, 9.17) is 4.74 Å². The normalized spacial score (nSPS) is 10.6. The smallest absolute Gasteiger partial charge is 0.330 e. The van der Waals surface area contributed by atoms with Crippen molar-refractivity contribution < 1.29 is 14.3 Å². The topological polar surface area (TPSA) is 55.4 Å². The summed E-state index contributed by atoms with van der Waals surface area (Å²) < 4.78 is 4.77. The molecule has 2 rings (SSSR count). The Balaban J connectivity index is 2.25. The Morgan fingerprint density at radius 1 is 1.23 bits per heavy atom. The Labute approximate surface area is 133 Å². The molecule has 4 nitrogen and oxygen atoms in total. The van der Waals surface area contributed by atoms with Gasteiger partial charge in [0.05, 0.1) is 17.2 Å². The van der Waals surface area contributed by atoms with Crippen molar-refractivity contribution >= 4 is 28.8 Å². The van der Waals surface area contributed by atoms with E-state index >= 15 is 0 Å². The van der Waals surface area contributed by atoms with Gasteiger partial charge in [-0.3, -0.25) is 4.79 Å². The molecule has 1 aromatic heterocycles. The van der Waals surface area contributed by atoms with Crippen molar-refractivity contribution in [3.8, 4) is 10.4 Å². The number of anilines is 1. The van der Waals surface area contributed by atoms with Crippen LogP contribution < -0.4 is 5.32 Å². The van der Waals surface area contributed by atoms with Gasteiger partial charge in [-0.15, -0.1) is 11.3 Å². The lowest BCUT2D eigenvalue weighted by atomic mass is 10.2. The first-order chi connectivity index (χ1) is 10.7. The number of hydrogen-bond donors (Lipinski definition) is 1. The lowest BCUT2D eigenvalue weighted by molar-refractivity contribution is -0.137. The zero-order chi connectivity index (χ0) is 15.9. The number of nitrogens with one attached hydrogen (secondary N) is 1. The van der Waals surface area contributed by atoms with Gasteiger partial charge in [-0.25, -0.2) is 4.79 Å². The largest absolute Gasteiger partial charge is 0.463 e. The molecule has 1 N–H and O–H groups in total. The van der Waals surface area contributed by atoms with Gasteiger partial charge in [0.25, 0.3) is 0 Å². The van der Waals surface area contributed by atoms with Gasteiger partial charge >= 0.3 is 5.97 Å². The highest BCUT2D eigenvalue weighted by Crippen LogP contribution is 2.35. The van der Waals surface area contributed by atoms with Gasteiger partial charge in [0.2, 0.25) is 0 Å². The van der Waals surface area contributed by atoms with Crippen molar-refractivity contribution in [2.24, 2.45) is 0 Å². The Morgan fingerprint density at radius 2 is 1.95 bits per heavy atom. The number of thiophene rings is 1. The summed E-state index contributed by atoms with van der Waals surface area (Å²) in [4.78, 5) is 25.1. The van der Waals surface area contributed by atoms with Crippen molar-refractivity contribution in [2.75, 3.05) is 19.0 Å². The average Bonchev–Trinajstić information content (AvgIpc) is 2.98. The van der Waals surface area contributed by atoms with Crippen LogP contribution in [-0.2, 0) is 9.53 Å². The molecule has 0 saturated heterocycles. The first kappa shape index (κ1) is 16.0. The van der Waals surface area contributed by atoms with E-state index in [1.165, 1.54) is 17.4 Å². The Bertz CT molecular complexity index is 689. The molecule has 22 heavy (non-hydrogen) atoms. The van der Waals surface area contributed by atoms with Crippen LogP contribution in [0.5, 0.6) is 0 Å². The molecule has 0 atom stereocenters. The number of carbonyl (C=O) groups is 2. The highest BCUT2D eigenvalue weighted by Gasteiger charge is 2.14. The monoisotopic (exact) mass is 315 g/mol. The Kier molecular flexibility index (Phi) is 5.49. The lowest BCUT2D eigenvalue weighted by Crippen LogP contribution is -2.02. The zero-order valence-electron chi connectivity index (χ0n) is 12.5. The van der Waals surface area contributed by atoms with Crippen molar-refractivity contribution in [1.82, 2.24) is 0 Å². The van der Waals surface area contributed by atoms with Gasteiger partial charge in [-0.2, -0.15) is 0 Å².